The predicted molar refractivity (Wildman–Crippen MR) is 127 cm³/mol. The van der Waals surface area contributed by atoms with Crippen molar-refractivity contribution in [2.45, 2.75) is 27.7 Å². The number of rotatable bonds is 5. The van der Waals surface area contributed by atoms with Crippen LogP contribution in [-0.2, 0) is 0 Å². The second-order valence-electron chi connectivity index (χ2n) is 7.41. The van der Waals surface area contributed by atoms with Gasteiger partial charge in [0.25, 0.3) is 5.91 Å². The second kappa shape index (κ2) is 8.92. The van der Waals surface area contributed by atoms with Gasteiger partial charge in [0.1, 0.15) is 11.6 Å². The first kappa shape index (κ1) is 21.7. The first-order valence-electron chi connectivity index (χ1n) is 10.0. The summed E-state index contributed by atoms with van der Waals surface area (Å²) in [6.07, 6.45) is 0. The average Bonchev–Trinajstić information content (AvgIpc) is 3.02. The molecule has 8 heteroatoms. The maximum atomic E-state index is 12.4. The highest BCUT2D eigenvalue weighted by Gasteiger charge is 2.13. The van der Waals surface area contributed by atoms with Crippen molar-refractivity contribution >= 4 is 27.5 Å². The molecule has 0 saturated heterocycles. The summed E-state index contributed by atoms with van der Waals surface area (Å²) in [7, 11) is 0. The molecule has 0 saturated carbocycles. The summed E-state index contributed by atoms with van der Waals surface area (Å²) in [5.41, 5.74) is 4.35. The van der Waals surface area contributed by atoms with Crippen molar-refractivity contribution in [1.82, 2.24) is 19.7 Å². The maximum absolute atomic E-state index is 12.4. The Kier molecular flexibility index (Phi) is 6.05. The van der Waals surface area contributed by atoms with E-state index >= 15 is 0 Å². The van der Waals surface area contributed by atoms with Crippen molar-refractivity contribution in [1.29, 1.82) is 0 Å². The van der Waals surface area contributed by atoms with Crippen LogP contribution in [0.2, 0.25) is 0 Å². The number of halogens is 1. The Hall–Kier alpha value is -3.52. The molecule has 4 aromatic rings. The van der Waals surface area contributed by atoms with Gasteiger partial charge in [-0.25, -0.2) is 9.67 Å². The topological polar surface area (TPSA) is 81.9 Å². The number of aryl methyl sites for hydroxylation is 2. The van der Waals surface area contributed by atoms with Crippen LogP contribution in [0.4, 0.5) is 5.69 Å². The maximum Gasteiger partial charge on any atom is 0.255 e. The summed E-state index contributed by atoms with van der Waals surface area (Å²) in [5.74, 6) is 2.07. The number of hydrogen-bond acceptors (Lipinski definition) is 5. The molecule has 2 aromatic heterocycles. The molecule has 0 unspecified atom stereocenters. The lowest BCUT2D eigenvalue weighted by atomic mass is 10.2. The molecule has 0 bridgehead atoms. The Labute approximate surface area is 194 Å². The van der Waals surface area contributed by atoms with Crippen LogP contribution in [-0.4, -0.2) is 25.7 Å². The summed E-state index contributed by atoms with van der Waals surface area (Å²) in [4.78, 5) is 21.3. The molecule has 0 fully saturated rings. The van der Waals surface area contributed by atoms with Crippen molar-refractivity contribution in [3.05, 3.63) is 87.4 Å². The van der Waals surface area contributed by atoms with Crippen LogP contribution in [0.1, 0.15) is 33.1 Å². The lowest BCUT2D eigenvalue weighted by molar-refractivity contribution is 0.102. The smallest absolute Gasteiger partial charge is 0.255 e. The van der Waals surface area contributed by atoms with E-state index in [1.54, 1.807) is 47.1 Å². The van der Waals surface area contributed by atoms with E-state index in [0.29, 0.717) is 34.5 Å². The fourth-order valence-electron chi connectivity index (χ4n) is 3.19. The van der Waals surface area contributed by atoms with E-state index in [-0.39, 0.29) is 5.91 Å². The van der Waals surface area contributed by atoms with Gasteiger partial charge >= 0.3 is 0 Å². The van der Waals surface area contributed by atoms with Crippen molar-refractivity contribution in [3.63, 3.8) is 0 Å². The highest BCUT2D eigenvalue weighted by molar-refractivity contribution is 9.10. The zero-order valence-electron chi connectivity index (χ0n) is 18.2. The van der Waals surface area contributed by atoms with Gasteiger partial charge in [-0.1, -0.05) is 22.0 Å². The van der Waals surface area contributed by atoms with Crippen LogP contribution in [0.3, 0.4) is 0 Å². The number of carbonyl (C=O) groups is 1. The first-order valence-corrected chi connectivity index (χ1v) is 10.8. The number of ether oxygens (including phenoxy) is 1. The van der Waals surface area contributed by atoms with E-state index in [1.807, 2.05) is 39.8 Å². The van der Waals surface area contributed by atoms with Crippen molar-refractivity contribution in [2.24, 2.45) is 0 Å². The summed E-state index contributed by atoms with van der Waals surface area (Å²) < 4.78 is 8.60. The zero-order chi connectivity index (χ0) is 22.8. The van der Waals surface area contributed by atoms with Gasteiger partial charge in [0.2, 0.25) is 5.88 Å². The molecular formula is C24H22BrN5O2. The average molecular weight is 492 g/mol. The Balaban J connectivity index is 1.50. The number of hydrogen-bond donors (Lipinski definition) is 1. The van der Waals surface area contributed by atoms with Crippen LogP contribution in [0.5, 0.6) is 11.6 Å². The molecule has 1 amide bonds. The summed E-state index contributed by atoms with van der Waals surface area (Å²) >= 11 is 3.38. The summed E-state index contributed by atoms with van der Waals surface area (Å²) in [5, 5.41) is 7.44. The van der Waals surface area contributed by atoms with E-state index in [4.69, 9.17) is 4.74 Å². The van der Waals surface area contributed by atoms with Crippen molar-refractivity contribution in [3.8, 4) is 17.4 Å². The van der Waals surface area contributed by atoms with E-state index in [2.05, 4.69) is 36.3 Å². The van der Waals surface area contributed by atoms with Crippen molar-refractivity contribution in [2.75, 3.05) is 5.32 Å². The summed E-state index contributed by atoms with van der Waals surface area (Å²) in [6, 6.07) is 16.1. The minimum absolute atomic E-state index is 0.184. The molecule has 2 heterocycles. The Bertz CT molecular complexity index is 1300. The minimum Gasteiger partial charge on any atom is -0.439 e. The first-order chi connectivity index (χ1) is 15.3. The third-order valence-corrected chi connectivity index (χ3v) is 5.59. The molecule has 4 rings (SSSR count). The largest absolute Gasteiger partial charge is 0.439 e. The molecule has 0 aliphatic rings. The molecule has 0 atom stereocenters. The molecular weight excluding hydrogens is 470 g/mol. The van der Waals surface area contributed by atoms with Gasteiger partial charge in [0, 0.05) is 27.5 Å². The monoisotopic (exact) mass is 491 g/mol. The molecule has 0 aliphatic carbocycles. The van der Waals surface area contributed by atoms with E-state index < -0.39 is 0 Å². The number of aromatic nitrogens is 4. The predicted octanol–water partition coefficient (Wildman–Crippen LogP) is 5.70. The number of nitrogens with zero attached hydrogens (tertiary/aromatic N) is 4. The molecule has 7 nitrogen and oxygen atoms in total. The lowest BCUT2D eigenvalue weighted by Gasteiger charge is -2.10. The number of nitrogens with one attached hydrogen (secondary N) is 1. The van der Waals surface area contributed by atoms with Crippen LogP contribution in [0.25, 0.3) is 5.82 Å². The SMILES string of the molecule is Cc1nc(Oc2ccc(NC(=O)c3cccc(Br)c3)cc2)cc(-n2nc(C)c(C)c2C)n1. The number of carbonyl (C=O) groups excluding carboxylic acids is 1. The molecule has 2 aromatic carbocycles. The number of anilines is 1. The van der Waals surface area contributed by atoms with Crippen LogP contribution >= 0.6 is 15.9 Å². The normalized spacial score (nSPS) is 10.8. The third kappa shape index (κ3) is 4.70. The number of benzene rings is 2. The van der Waals surface area contributed by atoms with Crippen LogP contribution in [0, 0.1) is 27.7 Å². The van der Waals surface area contributed by atoms with Gasteiger partial charge in [-0.2, -0.15) is 10.1 Å². The molecule has 0 spiro atoms. The van der Waals surface area contributed by atoms with Gasteiger partial charge in [-0.3, -0.25) is 4.79 Å². The van der Waals surface area contributed by atoms with Gasteiger partial charge in [-0.05, 0) is 75.7 Å². The summed E-state index contributed by atoms with van der Waals surface area (Å²) in [6.45, 7) is 7.84. The molecule has 32 heavy (non-hydrogen) atoms. The number of amides is 1. The quantitative estimate of drug-likeness (QED) is 0.386. The Morgan fingerprint density at radius 1 is 1.00 bits per heavy atom. The van der Waals surface area contributed by atoms with Gasteiger partial charge < -0.3 is 10.1 Å². The zero-order valence-corrected chi connectivity index (χ0v) is 19.8. The standard InChI is InChI=1S/C24H22BrN5O2/c1-14-15(2)29-30(16(14)3)22-13-23(27-17(4)26-22)32-21-10-8-20(9-11-21)28-24(31)18-6-5-7-19(25)12-18/h5-13H,1-4H3,(H,28,31). The highest BCUT2D eigenvalue weighted by Crippen LogP contribution is 2.24. The fraction of sp³-hybridized carbons (Fsp3) is 0.167. The van der Waals surface area contributed by atoms with E-state index in [1.165, 1.54) is 0 Å². The molecule has 1 N–H and O–H groups in total. The van der Waals surface area contributed by atoms with Gasteiger partial charge in [0.15, 0.2) is 5.82 Å². The van der Waals surface area contributed by atoms with E-state index in [9.17, 15) is 4.79 Å². The minimum atomic E-state index is -0.184. The van der Waals surface area contributed by atoms with Crippen molar-refractivity contribution < 1.29 is 9.53 Å². The van der Waals surface area contributed by atoms with Gasteiger partial charge in [-0.15, -0.1) is 0 Å². The Morgan fingerprint density at radius 3 is 2.41 bits per heavy atom. The molecule has 0 radical (unpaired) electrons. The highest BCUT2D eigenvalue weighted by atomic mass is 79.9. The third-order valence-electron chi connectivity index (χ3n) is 5.09. The second-order valence-corrected chi connectivity index (χ2v) is 8.33. The van der Waals surface area contributed by atoms with E-state index in [0.717, 1.165) is 21.4 Å². The fourth-order valence-corrected chi connectivity index (χ4v) is 3.59. The Morgan fingerprint density at radius 2 is 1.75 bits per heavy atom. The van der Waals surface area contributed by atoms with Crippen LogP contribution in [0.15, 0.2) is 59.1 Å². The molecule has 0 aliphatic heterocycles. The molecule has 162 valence electrons. The van der Waals surface area contributed by atoms with Gasteiger partial charge in [0.05, 0.1) is 5.69 Å². The van der Waals surface area contributed by atoms with Crippen LogP contribution < -0.4 is 10.1 Å². The lowest BCUT2D eigenvalue weighted by Crippen LogP contribution is -2.11.